The van der Waals surface area contributed by atoms with E-state index in [-0.39, 0.29) is 24.2 Å². The number of carbonyl (C=O) groups is 1. The molecule has 0 saturated heterocycles. The molecule has 0 atom stereocenters. The van der Waals surface area contributed by atoms with E-state index in [0.717, 1.165) is 5.52 Å². The van der Waals surface area contributed by atoms with Crippen LogP contribution in [0, 0.1) is 17.5 Å². The van der Waals surface area contributed by atoms with Crippen molar-refractivity contribution in [2.24, 2.45) is 0 Å². The Bertz CT molecular complexity index is 1130. The van der Waals surface area contributed by atoms with Crippen molar-refractivity contribution >= 4 is 39.8 Å². The van der Waals surface area contributed by atoms with E-state index in [1.807, 2.05) is 4.57 Å². The highest BCUT2D eigenvalue weighted by Gasteiger charge is 2.25. The molecule has 0 radical (unpaired) electrons. The largest absolute Gasteiger partial charge is 0.512 e. The van der Waals surface area contributed by atoms with Gasteiger partial charge in [-0.2, -0.15) is 0 Å². The molecule has 144 valence electrons. The third-order valence-corrected chi connectivity index (χ3v) is 4.74. The summed E-state index contributed by atoms with van der Waals surface area (Å²) in [6, 6.07) is 6.11. The molecule has 0 fully saturated rings. The molecule has 2 aromatic carbocycles. The van der Waals surface area contributed by atoms with Crippen molar-refractivity contribution in [1.82, 2.24) is 9.55 Å². The molecule has 0 spiro atoms. The number of imidazole rings is 1. The minimum absolute atomic E-state index is 0.0240. The molecule has 5 nitrogen and oxygen atoms in total. The zero-order valence-electron chi connectivity index (χ0n) is 14.3. The molecule has 0 aliphatic carbocycles. The number of nitrogens with one attached hydrogen (secondary N) is 1. The van der Waals surface area contributed by atoms with Crippen molar-refractivity contribution in [3.05, 3.63) is 64.4 Å². The van der Waals surface area contributed by atoms with Gasteiger partial charge in [-0.15, -0.1) is 0 Å². The van der Waals surface area contributed by atoms with Gasteiger partial charge in [0.15, 0.2) is 11.6 Å². The first-order chi connectivity index (χ1) is 13.3. The topological polar surface area (TPSA) is 67.1 Å². The Morgan fingerprint density at radius 2 is 1.93 bits per heavy atom. The highest BCUT2D eigenvalue weighted by molar-refractivity contribution is 6.31. The molecule has 2 heterocycles. The average molecular weight is 408 g/mol. The quantitative estimate of drug-likeness (QED) is 0.654. The molecule has 3 aromatic rings. The summed E-state index contributed by atoms with van der Waals surface area (Å²) >= 11 is 5.99. The predicted octanol–water partition coefficient (Wildman–Crippen LogP) is 4.81. The maximum absolute atomic E-state index is 13.8. The molecule has 1 amide bonds. The van der Waals surface area contributed by atoms with Crippen molar-refractivity contribution < 1.29 is 23.1 Å². The summed E-state index contributed by atoms with van der Waals surface area (Å²) in [5.41, 5.74) is 0.896. The number of hydrogen-bond donors (Lipinski definition) is 2. The van der Waals surface area contributed by atoms with Gasteiger partial charge in [-0.1, -0.05) is 11.6 Å². The van der Waals surface area contributed by atoms with E-state index in [4.69, 9.17) is 11.6 Å². The van der Waals surface area contributed by atoms with E-state index in [1.54, 1.807) is 18.2 Å². The Kier molecular flexibility index (Phi) is 4.50. The lowest BCUT2D eigenvalue weighted by atomic mass is 10.0. The van der Waals surface area contributed by atoms with Crippen LogP contribution >= 0.6 is 11.6 Å². The molecular formula is C19H13ClF3N3O2. The smallest absolute Gasteiger partial charge is 0.229 e. The SMILES string of the molecule is O=C(CC1=C(O)CCn2c1nc1cc(Cl)ccc12)Nc1c(F)cc(F)cc1F. The molecule has 1 aliphatic heterocycles. The van der Waals surface area contributed by atoms with Crippen molar-refractivity contribution in [3.8, 4) is 0 Å². The van der Waals surface area contributed by atoms with Crippen molar-refractivity contribution in [3.63, 3.8) is 0 Å². The lowest BCUT2D eigenvalue weighted by Crippen LogP contribution is -2.19. The van der Waals surface area contributed by atoms with Crippen LogP contribution in [0.15, 0.2) is 36.1 Å². The Morgan fingerprint density at radius 1 is 1.21 bits per heavy atom. The van der Waals surface area contributed by atoms with E-state index < -0.39 is 29.0 Å². The predicted molar refractivity (Wildman–Crippen MR) is 98.5 cm³/mol. The third kappa shape index (κ3) is 3.20. The van der Waals surface area contributed by atoms with Crippen LogP contribution in [0.5, 0.6) is 0 Å². The van der Waals surface area contributed by atoms with E-state index >= 15 is 0 Å². The first-order valence-electron chi connectivity index (χ1n) is 8.35. The molecule has 0 saturated carbocycles. The number of rotatable bonds is 3. The summed E-state index contributed by atoms with van der Waals surface area (Å²) < 4.78 is 42.4. The first kappa shape index (κ1) is 18.4. The van der Waals surface area contributed by atoms with Crippen LogP contribution in [0.3, 0.4) is 0 Å². The maximum atomic E-state index is 13.8. The fraction of sp³-hybridized carbons (Fsp3) is 0.158. The molecule has 28 heavy (non-hydrogen) atoms. The van der Waals surface area contributed by atoms with Gasteiger partial charge >= 0.3 is 0 Å². The number of aryl methyl sites for hydroxylation is 1. The van der Waals surface area contributed by atoms with E-state index in [0.29, 0.717) is 35.0 Å². The Hall–Kier alpha value is -3.00. The van der Waals surface area contributed by atoms with Gasteiger partial charge < -0.3 is 15.0 Å². The number of amides is 1. The van der Waals surface area contributed by atoms with Gasteiger partial charge in [0.1, 0.15) is 23.1 Å². The summed E-state index contributed by atoms with van der Waals surface area (Å²) in [4.78, 5) is 16.8. The van der Waals surface area contributed by atoms with E-state index in [9.17, 15) is 23.1 Å². The Balaban J connectivity index is 1.65. The van der Waals surface area contributed by atoms with Gasteiger partial charge in [0.25, 0.3) is 0 Å². The zero-order valence-corrected chi connectivity index (χ0v) is 15.0. The van der Waals surface area contributed by atoms with Crippen LogP contribution in [0.2, 0.25) is 5.02 Å². The number of allylic oxidation sites excluding steroid dienone is 1. The number of nitrogens with zero attached hydrogens (tertiary/aromatic N) is 2. The number of aliphatic hydroxyl groups is 1. The number of halogens is 4. The number of fused-ring (bicyclic) bond motifs is 3. The number of hydrogen-bond acceptors (Lipinski definition) is 3. The van der Waals surface area contributed by atoms with E-state index in [2.05, 4.69) is 10.3 Å². The van der Waals surface area contributed by atoms with Gasteiger partial charge in [0.2, 0.25) is 5.91 Å². The summed E-state index contributed by atoms with van der Waals surface area (Å²) in [6.45, 7) is 0.464. The molecule has 9 heteroatoms. The second kappa shape index (κ2) is 6.87. The standard InChI is InChI=1S/C19H13ClF3N3O2/c20-9-1-2-15-14(5-9)24-19-11(16(27)3-4-26(15)19)8-17(28)25-18-12(22)6-10(21)7-13(18)23/h1-2,5-7,27H,3-4,8H2,(H,25,28). The molecular weight excluding hydrogens is 395 g/mol. The number of aromatic nitrogens is 2. The van der Waals surface area contributed by atoms with Crippen LogP contribution in [0.1, 0.15) is 18.7 Å². The maximum Gasteiger partial charge on any atom is 0.229 e. The zero-order chi connectivity index (χ0) is 20.0. The van der Waals surface area contributed by atoms with Crippen LogP contribution in [0.25, 0.3) is 16.6 Å². The summed E-state index contributed by atoms with van der Waals surface area (Å²) in [6.07, 6.45) is -0.0812. The third-order valence-electron chi connectivity index (χ3n) is 4.51. The first-order valence-corrected chi connectivity index (χ1v) is 8.73. The van der Waals surface area contributed by atoms with Gasteiger partial charge in [-0.05, 0) is 18.2 Å². The molecule has 0 bridgehead atoms. The highest BCUT2D eigenvalue weighted by Crippen LogP contribution is 2.32. The fourth-order valence-electron chi connectivity index (χ4n) is 3.24. The normalized spacial score (nSPS) is 13.7. The Morgan fingerprint density at radius 3 is 2.64 bits per heavy atom. The summed E-state index contributed by atoms with van der Waals surface area (Å²) in [5.74, 6) is -3.96. The number of aliphatic hydroxyl groups excluding tert-OH is 1. The average Bonchev–Trinajstić information content (AvgIpc) is 2.98. The number of anilines is 1. The van der Waals surface area contributed by atoms with Crippen LogP contribution in [-0.2, 0) is 11.3 Å². The lowest BCUT2D eigenvalue weighted by molar-refractivity contribution is -0.115. The van der Waals surface area contributed by atoms with Crippen LogP contribution in [0.4, 0.5) is 18.9 Å². The minimum Gasteiger partial charge on any atom is -0.512 e. The fourth-order valence-corrected chi connectivity index (χ4v) is 3.41. The van der Waals surface area contributed by atoms with Gasteiger partial charge in [-0.25, -0.2) is 18.2 Å². The monoisotopic (exact) mass is 407 g/mol. The molecule has 1 aliphatic rings. The van der Waals surface area contributed by atoms with Crippen molar-refractivity contribution in [2.45, 2.75) is 19.4 Å². The van der Waals surface area contributed by atoms with Gasteiger partial charge in [0, 0.05) is 35.7 Å². The molecule has 4 rings (SSSR count). The lowest BCUT2D eigenvalue weighted by Gasteiger charge is -2.19. The van der Waals surface area contributed by atoms with Crippen molar-refractivity contribution in [1.29, 1.82) is 0 Å². The summed E-state index contributed by atoms with van der Waals surface area (Å²) in [7, 11) is 0. The Labute approximate surface area is 162 Å². The highest BCUT2D eigenvalue weighted by atomic mass is 35.5. The number of carbonyl (C=O) groups excluding carboxylic acids is 1. The molecule has 2 N–H and O–H groups in total. The van der Waals surface area contributed by atoms with Crippen LogP contribution in [-0.4, -0.2) is 20.6 Å². The van der Waals surface area contributed by atoms with E-state index in [1.165, 1.54) is 0 Å². The van der Waals surface area contributed by atoms with Gasteiger partial charge in [0.05, 0.1) is 17.5 Å². The molecule has 1 aromatic heterocycles. The van der Waals surface area contributed by atoms with Crippen LogP contribution < -0.4 is 5.32 Å². The second-order valence-electron chi connectivity index (χ2n) is 6.36. The molecule has 0 unspecified atom stereocenters. The van der Waals surface area contributed by atoms with Crippen molar-refractivity contribution in [2.75, 3.05) is 5.32 Å². The minimum atomic E-state index is -1.23. The summed E-state index contributed by atoms with van der Waals surface area (Å²) in [5, 5.41) is 12.9. The number of benzene rings is 2. The second-order valence-corrected chi connectivity index (χ2v) is 6.80. The van der Waals surface area contributed by atoms with Gasteiger partial charge in [-0.3, -0.25) is 4.79 Å².